The minimum absolute atomic E-state index is 0.00860. The molecule has 1 aromatic rings. The van der Waals surface area contributed by atoms with Crippen molar-refractivity contribution in [3.8, 4) is 0 Å². The van der Waals surface area contributed by atoms with E-state index in [-0.39, 0.29) is 11.6 Å². The Hall–Kier alpha value is -0.870. The van der Waals surface area contributed by atoms with Crippen molar-refractivity contribution in [3.63, 3.8) is 0 Å². The number of imidazole rings is 1. The van der Waals surface area contributed by atoms with E-state index in [1.54, 1.807) is 0 Å². The maximum Gasteiger partial charge on any atom is 0.108 e. The Balaban J connectivity index is 2.04. The molecular weight excluding hydrogens is 250 g/mol. The quantitative estimate of drug-likeness (QED) is 0.833. The highest BCUT2D eigenvalue weighted by Crippen LogP contribution is 2.39. The van der Waals surface area contributed by atoms with E-state index in [0.29, 0.717) is 0 Å². The summed E-state index contributed by atoms with van der Waals surface area (Å²) in [6, 6.07) is 0. The summed E-state index contributed by atoms with van der Waals surface area (Å²) in [5.74, 6) is 1.07. The Morgan fingerprint density at radius 1 is 1.35 bits per heavy atom. The van der Waals surface area contributed by atoms with E-state index in [9.17, 15) is 5.11 Å². The van der Waals surface area contributed by atoms with Gasteiger partial charge in [-0.2, -0.15) is 0 Å². The summed E-state index contributed by atoms with van der Waals surface area (Å²) in [5.41, 5.74) is 0.00860. The zero-order chi connectivity index (χ0) is 14.6. The zero-order valence-corrected chi connectivity index (χ0v) is 13.2. The fourth-order valence-electron chi connectivity index (χ4n) is 3.87. The molecule has 114 valence electrons. The highest BCUT2D eigenvalue weighted by atomic mass is 16.3. The third-order valence-electron chi connectivity index (χ3n) is 5.05. The predicted octanol–water partition coefficient (Wildman–Crippen LogP) is 2.37. The van der Waals surface area contributed by atoms with Crippen molar-refractivity contribution < 1.29 is 5.11 Å². The maximum atomic E-state index is 10.8. The number of aliphatic hydroxyl groups excluding tert-OH is 1. The molecule has 0 amide bonds. The molecule has 2 rings (SSSR count). The summed E-state index contributed by atoms with van der Waals surface area (Å²) >= 11 is 0. The fourth-order valence-corrected chi connectivity index (χ4v) is 3.87. The summed E-state index contributed by atoms with van der Waals surface area (Å²) in [5, 5.41) is 10.8. The number of hydrogen-bond acceptors (Lipinski definition) is 3. The SMILES string of the molecule is CCN(CC)C1(C(O)CCc2nccn2C)CCCC1. The van der Waals surface area contributed by atoms with Crippen molar-refractivity contribution in [2.45, 2.75) is 64.0 Å². The Morgan fingerprint density at radius 2 is 2.00 bits per heavy atom. The summed E-state index contributed by atoms with van der Waals surface area (Å²) in [6.07, 6.45) is 9.98. The number of aromatic nitrogens is 2. The zero-order valence-electron chi connectivity index (χ0n) is 13.2. The van der Waals surface area contributed by atoms with Crippen LogP contribution in [0.25, 0.3) is 0 Å². The lowest BCUT2D eigenvalue weighted by Crippen LogP contribution is -2.55. The van der Waals surface area contributed by atoms with E-state index >= 15 is 0 Å². The summed E-state index contributed by atoms with van der Waals surface area (Å²) in [4.78, 5) is 6.84. The lowest BCUT2D eigenvalue weighted by atomic mass is 9.85. The summed E-state index contributed by atoms with van der Waals surface area (Å²) in [7, 11) is 2.02. The number of nitrogens with zero attached hydrogens (tertiary/aromatic N) is 3. The molecular formula is C16H29N3O. The molecule has 1 aliphatic carbocycles. The minimum Gasteiger partial charge on any atom is -0.391 e. The Labute approximate surface area is 122 Å². The molecule has 0 aliphatic heterocycles. The molecule has 0 radical (unpaired) electrons. The predicted molar refractivity (Wildman–Crippen MR) is 81.7 cm³/mol. The number of likely N-dealkylation sites (N-methyl/N-ethyl adjacent to an activating group) is 1. The molecule has 1 heterocycles. The van der Waals surface area contributed by atoms with Crippen LogP contribution >= 0.6 is 0 Å². The third-order valence-corrected chi connectivity index (χ3v) is 5.05. The van der Waals surface area contributed by atoms with E-state index < -0.39 is 0 Å². The largest absolute Gasteiger partial charge is 0.391 e. The molecule has 1 saturated carbocycles. The van der Waals surface area contributed by atoms with Gasteiger partial charge in [-0.3, -0.25) is 4.90 Å². The Kier molecular flexibility index (Phi) is 5.22. The average molecular weight is 279 g/mol. The van der Waals surface area contributed by atoms with Crippen LogP contribution in [-0.2, 0) is 13.5 Å². The summed E-state index contributed by atoms with van der Waals surface area (Å²) in [6.45, 7) is 6.45. The molecule has 4 heteroatoms. The van der Waals surface area contributed by atoms with Crippen LogP contribution < -0.4 is 0 Å². The number of hydrogen-bond donors (Lipinski definition) is 1. The molecule has 1 unspecified atom stereocenters. The van der Waals surface area contributed by atoms with Crippen molar-refractivity contribution >= 4 is 0 Å². The minimum atomic E-state index is -0.249. The maximum absolute atomic E-state index is 10.8. The van der Waals surface area contributed by atoms with E-state index in [0.717, 1.165) is 44.6 Å². The smallest absolute Gasteiger partial charge is 0.108 e. The van der Waals surface area contributed by atoms with Gasteiger partial charge in [0.2, 0.25) is 0 Å². The van der Waals surface area contributed by atoms with Crippen molar-refractivity contribution in [2.75, 3.05) is 13.1 Å². The highest BCUT2D eigenvalue weighted by molar-refractivity contribution is 5.01. The molecule has 1 atom stereocenters. The number of aliphatic hydroxyl groups is 1. The van der Waals surface area contributed by atoms with Crippen LogP contribution in [0.4, 0.5) is 0 Å². The van der Waals surface area contributed by atoms with Gasteiger partial charge >= 0.3 is 0 Å². The standard InChI is InChI=1S/C16H29N3O/c1-4-19(5-2)16(10-6-7-11-16)14(20)8-9-15-17-12-13-18(15)3/h12-14,20H,4-11H2,1-3H3. The average Bonchev–Trinajstić information content (AvgIpc) is 3.08. The van der Waals surface area contributed by atoms with Crippen LogP contribution in [0.1, 0.15) is 51.8 Å². The van der Waals surface area contributed by atoms with Gasteiger partial charge < -0.3 is 9.67 Å². The highest BCUT2D eigenvalue weighted by Gasteiger charge is 2.43. The molecule has 0 saturated heterocycles. The van der Waals surface area contributed by atoms with Gasteiger partial charge in [-0.1, -0.05) is 26.7 Å². The Bertz CT molecular complexity index is 406. The molecule has 1 aromatic heterocycles. The van der Waals surface area contributed by atoms with Gasteiger partial charge in [-0.25, -0.2) is 4.98 Å². The van der Waals surface area contributed by atoms with Crippen molar-refractivity contribution in [2.24, 2.45) is 7.05 Å². The molecule has 0 bridgehead atoms. The molecule has 1 fully saturated rings. The first-order chi connectivity index (χ1) is 9.64. The second-order valence-corrected chi connectivity index (χ2v) is 5.99. The van der Waals surface area contributed by atoms with Crippen LogP contribution in [0.2, 0.25) is 0 Å². The summed E-state index contributed by atoms with van der Waals surface area (Å²) < 4.78 is 2.05. The lowest BCUT2D eigenvalue weighted by Gasteiger charge is -2.44. The first-order valence-electron chi connectivity index (χ1n) is 8.03. The van der Waals surface area contributed by atoms with E-state index in [1.807, 2.05) is 24.0 Å². The Morgan fingerprint density at radius 3 is 2.50 bits per heavy atom. The van der Waals surface area contributed by atoms with Crippen LogP contribution in [0, 0.1) is 0 Å². The number of rotatable bonds is 7. The second kappa shape index (κ2) is 6.72. The molecule has 1 aliphatic rings. The van der Waals surface area contributed by atoms with Crippen molar-refractivity contribution in [3.05, 3.63) is 18.2 Å². The third kappa shape index (κ3) is 2.91. The molecule has 20 heavy (non-hydrogen) atoms. The van der Waals surface area contributed by atoms with Crippen LogP contribution in [0.15, 0.2) is 12.4 Å². The van der Waals surface area contributed by atoms with Gasteiger partial charge in [-0.15, -0.1) is 0 Å². The van der Waals surface area contributed by atoms with Gasteiger partial charge in [0.05, 0.1) is 6.10 Å². The van der Waals surface area contributed by atoms with Crippen LogP contribution in [0.5, 0.6) is 0 Å². The topological polar surface area (TPSA) is 41.3 Å². The van der Waals surface area contributed by atoms with Crippen LogP contribution in [0.3, 0.4) is 0 Å². The first-order valence-corrected chi connectivity index (χ1v) is 8.03. The van der Waals surface area contributed by atoms with E-state index in [2.05, 4.69) is 23.7 Å². The van der Waals surface area contributed by atoms with E-state index in [4.69, 9.17) is 0 Å². The molecule has 0 spiro atoms. The normalized spacial score (nSPS) is 19.6. The van der Waals surface area contributed by atoms with Crippen LogP contribution in [-0.4, -0.2) is 44.3 Å². The van der Waals surface area contributed by atoms with Gasteiger partial charge in [0.25, 0.3) is 0 Å². The van der Waals surface area contributed by atoms with Crippen molar-refractivity contribution in [1.29, 1.82) is 0 Å². The second-order valence-electron chi connectivity index (χ2n) is 5.99. The van der Waals surface area contributed by atoms with E-state index in [1.165, 1.54) is 12.8 Å². The van der Waals surface area contributed by atoms with Gasteiger partial charge in [0.15, 0.2) is 0 Å². The van der Waals surface area contributed by atoms with Gasteiger partial charge in [-0.05, 0) is 32.4 Å². The monoisotopic (exact) mass is 279 g/mol. The fraction of sp³-hybridized carbons (Fsp3) is 0.812. The molecule has 0 aromatic carbocycles. The molecule has 4 nitrogen and oxygen atoms in total. The first kappa shape index (κ1) is 15.5. The van der Waals surface area contributed by atoms with Crippen molar-refractivity contribution in [1.82, 2.24) is 14.5 Å². The van der Waals surface area contributed by atoms with Gasteiger partial charge in [0, 0.05) is 31.4 Å². The lowest BCUT2D eigenvalue weighted by molar-refractivity contribution is -0.0290. The van der Waals surface area contributed by atoms with Gasteiger partial charge in [0.1, 0.15) is 5.82 Å². The molecule has 1 N–H and O–H groups in total. The number of aryl methyl sites for hydroxylation is 2.